The van der Waals surface area contributed by atoms with Gasteiger partial charge in [-0.2, -0.15) is 0 Å². The van der Waals surface area contributed by atoms with E-state index in [2.05, 4.69) is 5.32 Å². The molecule has 0 radical (unpaired) electrons. The van der Waals surface area contributed by atoms with E-state index in [1.807, 2.05) is 0 Å². The summed E-state index contributed by atoms with van der Waals surface area (Å²) in [7, 11) is 0. The van der Waals surface area contributed by atoms with E-state index in [-0.39, 0.29) is 28.3 Å². The average molecular weight is 302 g/mol. The van der Waals surface area contributed by atoms with Crippen molar-refractivity contribution in [2.75, 3.05) is 24.7 Å². The summed E-state index contributed by atoms with van der Waals surface area (Å²) < 4.78 is 32.2. The number of nitrogens with two attached hydrogens (primary N) is 1. The minimum atomic E-state index is -0.744. The standard InChI is InChI=1S/C13H16F2N2O2S/c14-10-5-8(16)6-11(15)13(10)20-7-12(18)17-9-1-3-19-4-2-9/h5-6,9H,1-4,7,16H2,(H,17,18). The number of hydrogen-bond acceptors (Lipinski definition) is 4. The number of halogens is 2. The van der Waals surface area contributed by atoms with Crippen molar-refractivity contribution in [1.29, 1.82) is 0 Å². The summed E-state index contributed by atoms with van der Waals surface area (Å²) in [4.78, 5) is 11.6. The number of nitrogens with one attached hydrogen (secondary N) is 1. The molecule has 20 heavy (non-hydrogen) atoms. The van der Waals surface area contributed by atoms with Crippen LogP contribution in [0.3, 0.4) is 0 Å². The van der Waals surface area contributed by atoms with Gasteiger partial charge in [0.1, 0.15) is 11.6 Å². The van der Waals surface area contributed by atoms with Crippen molar-refractivity contribution in [3.8, 4) is 0 Å². The Morgan fingerprint density at radius 2 is 1.95 bits per heavy atom. The van der Waals surface area contributed by atoms with E-state index >= 15 is 0 Å². The van der Waals surface area contributed by atoms with Crippen molar-refractivity contribution in [3.63, 3.8) is 0 Å². The van der Waals surface area contributed by atoms with Crippen LogP contribution in [0.2, 0.25) is 0 Å². The van der Waals surface area contributed by atoms with Crippen LogP contribution in [0.4, 0.5) is 14.5 Å². The largest absolute Gasteiger partial charge is 0.399 e. The van der Waals surface area contributed by atoms with E-state index in [4.69, 9.17) is 10.5 Å². The normalized spacial score (nSPS) is 16.1. The van der Waals surface area contributed by atoms with Gasteiger partial charge in [0.25, 0.3) is 0 Å². The lowest BCUT2D eigenvalue weighted by Crippen LogP contribution is -2.39. The van der Waals surface area contributed by atoms with Crippen molar-refractivity contribution < 1.29 is 18.3 Å². The van der Waals surface area contributed by atoms with Crippen molar-refractivity contribution >= 4 is 23.4 Å². The molecule has 1 fully saturated rings. The zero-order chi connectivity index (χ0) is 14.5. The first-order chi connectivity index (χ1) is 9.56. The predicted octanol–water partition coefficient (Wildman–Crippen LogP) is 1.93. The van der Waals surface area contributed by atoms with Crippen LogP contribution in [-0.2, 0) is 9.53 Å². The number of nitrogen functional groups attached to an aromatic ring is 1. The number of thioether (sulfide) groups is 1. The molecule has 110 valence electrons. The van der Waals surface area contributed by atoms with Gasteiger partial charge in [0.05, 0.1) is 10.6 Å². The molecule has 7 heteroatoms. The minimum absolute atomic E-state index is 0.0241. The SMILES string of the molecule is Nc1cc(F)c(SCC(=O)NC2CCOCC2)c(F)c1. The van der Waals surface area contributed by atoms with Gasteiger partial charge in [-0.15, -0.1) is 11.8 Å². The lowest BCUT2D eigenvalue weighted by atomic mass is 10.1. The number of benzene rings is 1. The van der Waals surface area contributed by atoms with Crippen LogP contribution in [0.25, 0.3) is 0 Å². The van der Waals surface area contributed by atoms with Crippen molar-refractivity contribution in [3.05, 3.63) is 23.8 Å². The Morgan fingerprint density at radius 1 is 1.35 bits per heavy atom. The molecule has 1 aliphatic rings. The molecule has 0 aliphatic carbocycles. The van der Waals surface area contributed by atoms with Crippen LogP contribution in [0.5, 0.6) is 0 Å². The highest BCUT2D eigenvalue weighted by atomic mass is 32.2. The summed E-state index contributed by atoms with van der Waals surface area (Å²) in [5, 5.41) is 2.83. The second-order valence-corrected chi connectivity index (χ2v) is 5.54. The molecule has 1 aliphatic heterocycles. The second kappa shape index (κ2) is 6.90. The Balaban J connectivity index is 1.87. The van der Waals surface area contributed by atoms with Gasteiger partial charge in [-0.05, 0) is 25.0 Å². The lowest BCUT2D eigenvalue weighted by Gasteiger charge is -2.23. The maximum Gasteiger partial charge on any atom is 0.230 e. The first kappa shape index (κ1) is 15.1. The van der Waals surface area contributed by atoms with Gasteiger partial charge in [0, 0.05) is 24.9 Å². The molecular weight excluding hydrogens is 286 g/mol. The van der Waals surface area contributed by atoms with Gasteiger partial charge < -0.3 is 15.8 Å². The van der Waals surface area contributed by atoms with E-state index in [9.17, 15) is 13.6 Å². The van der Waals surface area contributed by atoms with Crippen LogP contribution in [-0.4, -0.2) is 30.9 Å². The number of anilines is 1. The van der Waals surface area contributed by atoms with Gasteiger partial charge in [-0.3, -0.25) is 4.79 Å². The predicted molar refractivity (Wildman–Crippen MR) is 73.5 cm³/mol. The summed E-state index contributed by atoms with van der Waals surface area (Å²) in [5.74, 6) is -1.76. The fourth-order valence-corrected chi connectivity index (χ4v) is 2.72. The molecule has 1 aromatic carbocycles. The minimum Gasteiger partial charge on any atom is -0.399 e. The summed E-state index contributed by atoms with van der Waals surface area (Å²) >= 11 is 0.830. The molecule has 0 bridgehead atoms. The zero-order valence-corrected chi connectivity index (χ0v) is 11.6. The monoisotopic (exact) mass is 302 g/mol. The Bertz CT molecular complexity index is 470. The first-order valence-corrected chi connectivity index (χ1v) is 7.29. The van der Waals surface area contributed by atoms with Crippen molar-refractivity contribution in [2.45, 2.75) is 23.8 Å². The molecule has 0 unspecified atom stereocenters. The fraction of sp³-hybridized carbons (Fsp3) is 0.462. The molecule has 1 amide bonds. The topological polar surface area (TPSA) is 64.4 Å². The van der Waals surface area contributed by atoms with Crippen LogP contribution in [0, 0.1) is 11.6 Å². The van der Waals surface area contributed by atoms with E-state index in [0.29, 0.717) is 13.2 Å². The molecule has 4 nitrogen and oxygen atoms in total. The van der Waals surface area contributed by atoms with Crippen molar-refractivity contribution in [2.24, 2.45) is 0 Å². The number of hydrogen-bond donors (Lipinski definition) is 2. The van der Waals surface area contributed by atoms with Gasteiger partial charge in [0.2, 0.25) is 5.91 Å². The van der Waals surface area contributed by atoms with Gasteiger partial charge >= 0.3 is 0 Å². The quantitative estimate of drug-likeness (QED) is 0.659. The Labute approximate surface area is 120 Å². The summed E-state index contributed by atoms with van der Waals surface area (Å²) in [6.07, 6.45) is 1.53. The van der Waals surface area contributed by atoms with Crippen LogP contribution < -0.4 is 11.1 Å². The Morgan fingerprint density at radius 3 is 2.55 bits per heavy atom. The average Bonchev–Trinajstić information content (AvgIpc) is 2.38. The van der Waals surface area contributed by atoms with Gasteiger partial charge in [-0.1, -0.05) is 0 Å². The summed E-state index contributed by atoms with van der Waals surface area (Å²) in [5.41, 5.74) is 5.35. The molecule has 1 saturated heterocycles. The third kappa shape index (κ3) is 4.08. The molecule has 0 aromatic heterocycles. The third-order valence-corrected chi connectivity index (χ3v) is 4.04. The maximum atomic E-state index is 13.5. The lowest BCUT2D eigenvalue weighted by molar-refractivity contribution is -0.119. The number of amides is 1. The number of ether oxygens (including phenoxy) is 1. The van der Waals surface area contributed by atoms with E-state index in [0.717, 1.165) is 36.7 Å². The Kier molecular flexibility index (Phi) is 5.19. The number of carbonyl (C=O) groups is 1. The van der Waals surface area contributed by atoms with E-state index in [1.54, 1.807) is 0 Å². The van der Waals surface area contributed by atoms with Crippen LogP contribution in [0.15, 0.2) is 17.0 Å². The smallest absolute Gasteiger partial charge is 0.230 e. The van der Waals surface area contributed by atoms with Crippen LogP contribution in [0.1, 0.15) is 12.8 Å². The Hall–Kier alpha value is -1.34. The summed E-state index contributed by atoms with van der Waals surface area (Å²) in [6, 6.07) is 2.17. The van der Waals surface area contributed by atoms with Crippen LogP contribution >= 0.6 is 11.8 Å². The molecule has 1 heterocycles. The van der Waals surface area contributed by atoms with Gasteiger partial charge in [-0.25, -0.2) is 8.78 Å². The number of rotatable bonds is 4. The van der Waals surface area contributed by atoms with E-state index in [1.165, 1.54) is 0 Å². The van der Waals surface area contributed by atoms with Crippen molar-refractivity contribution in [1.82, 2.24) is 5.32 Å². The molecule has 1 aromatic rings. The highest BCUT2D eigenvalue weighted by Gasteiger charge is 2.17. The maximum absolute atomic E-state index is 13.5. The third-order valence-electron chi connectivity index (χ3n) is 2.95. The molecule has 0 spiro atoms. The highest BCUT2D eigenvalue weighted by molar-refractivity contribution is 8.00. The molecule has 3 N–H and O–H groups in total. The zero-order valence-electron chi connectivity index (χ0n) is 10.8. The molecule has 0 saturated carbocycles. The number of carbonyl (C=O) groups excluding carboxylic acids is 1. The highest BCUT2D eigenvalue weighted by Crippen LogP contribution is 2.27. The molecular formula is C13H16F2N2O2S. The van der Waals surface area contributed by atoms with E-state index < -0.39 is 11.6 Å². The summed E-state index contributed by atoms with van der Waals surface area (Å²) in [6.45, 7) is 1.25. The second-order valence-electron chi connectivity index (χ2n) is 4.56. The first-order valence-electron chi connectivity index (χ1n) is 6.30. The fourth-order valence-electron chi connectivity index (χ4n) is 1.97. The van der Waals surface area contributed by atoms with Gasteiger partial charge in [0.15, 0.2) is 0 Å². The molecule has 2 rings (SSSR count). The molecule has 0 atom stereocenters.